The third-order valence-electron chi connectivity index (χ3n) is 3.99. The van der Waals surface area contributed by atoms with E-state index in [0.717, 1.165) is 19.5 Å². The van der Waals surface area contributed by atoms with Crippen molar-refractivity contribution in [3.63, 3.8) is 0 Å². The van der Waals surface area contributed by atoms with Gasteiger partial charge < -0.3 is 15.5 Å². The van der Waals surface area contributed by atoms with Crippen LogP contribution in [0.3, 0.4) is 0 Å². The number of rotatable bonds is 7. The van der Waals surface area contributed by atoms with Crippen molar-refractivity contribution in [2.24, 2.45) is 5.41 Å². The van der Waals surface area contributed by atoms with E-state index in [-0.39, 0.29) is 11.8 Å². The molecule has 0 unspecified atom stereocenters. The maximum absolute atomic E-state index is 11.7. The maximum atomic E-state index is 11.7. The molecule has 2 amide bonds. The molecule has 0 spiro atoms. The Morgan fingerprint density at radius 1 is 0.955 bits per heavy atom. The summed E-state index contributed by atoms with van der Waals surface area (Å²) in [6, 6.07) is 0. The molecule has 0 saturated carbocycles. The van der Waals surface area contributed by atoms with Gasteiger partial charge in [0.2, 0.25) is 11.8 Å². The highest BCUT2D eigenvalue weighted by molar-refractivity contribution is 5.82. The van der Waals surface area contributed by atoms with Crippen LogP contribution in [-0.4, -0.2) is 49.4 Å². The summed E-state index contributed by atoms with van der Waals surface area (Å²) in [7, 11) is 0. The van der Waals surface area contributed by atoms with E-state index >= 15 is 0 Å². The highest BCUT2D eigenvalue weighted by Gasteiger charge is 2.20. The van der Waals surface area contributed by atoms with Gasteiger partial charge in [0.05, 0.1) is 0 Å². The van der Waals surface area contributed by atoms with Crippen molar-refractivity contribution in [2.45, 2.75) is 59.3 Å². The van der Waals surface area contributed by atoms with Crippen LogP contribution in [0.5, 0.6) is 0 Å². The molecule has 1 heterocycles. The average molecular weight is 311 g/mol. The van der Waals surface area contributed by atoms with Crippen molar-refractivity contribution in [3.05, 3.63) is 0 Å². The first-order valence-corrected chi connectivity index (χ1v) is 8.67. The molecule has 22 heavy (non-hydrogen) atoms. The second-order valence-corrected chi connectivity index (χ2v) is 7.22. The second kappa shape index (κ2) is 9.82. The lowest BCUT2D eigenvalue weighted by Gasteiger charge is -2.19. The monoisotopic (exact) mass is 311 g/mol. The minimum Gasteiger partial charge on any atom is -0.356 e. The van der Waals surface area contributed by atoms with Gasteiger partial charge >= 0.3 is 0 Å². The van der Waals surface area contributed by atoms with E-state index in [1.807, 2.05) is 20.8 Å². The van der Waals surface area contributed by atoms with Crippen molar-refractivity contribution in [1.29, 1.82) is 0 Å². The summed E-state index contributed by atoms with van der Waals surface area (Å²) < 4.78 is 0. The number of hydrogen-bond donors (Lipinski definition) is 2. The lowest BCUT2D eigenvalue weighted by molar-refractivity contribution is -0.128. The van der Waals surface area contributed by atoms with Crippen molar-refractivity contribution in [3.8, 4) is 0 Å². The normalized spacial score (nSPS) is 16.9. The number of likely N-dealkylation sites (tertiary alicyclic amines) is 1. The van der Waals surface area contributed by atoms with Crippen LogP contribution in [0.15, 0.2) is 0 Å². The zero-order valence-electron chi connectivity index (χ0n) is 14.5. The van der Waals surface area contributed by atoms with E-state index in [1.54, 1.807) is 0 Å². The summed E-state index contributed by atoms with van der Waals surface area (Å²) in [5.41, 5.74) is -0.399. The molecule has 0 bridgehead atoms. The fourth-order valence-corrected chi connectivity index (χ4v) is 2.53. The van der Waals surface area contributed by atoms with E-state index < -0.39 is 5.41 Å². The fourth-order valence-electron chi connectivity index (χ4n) is 2.53. The average Bonchev–Trinajstić information content (AvgIpc) is 2.71. The highest BCUT2D eigenvalue weighted by Crippen LogP contribution is 2.12. The number of nitrogens with zero attached hydrogens (tertiary/aromatic N) is 1. The van der Waals surface area contributed by atoms with Gasteiger partial charge in [-0.1, -0.05) is 33.6 Å². The van der Waals surface area contributed by atoms with Crippen LogP contribution in [-0.2, 0) is 9.59 Å². The zero-order valence-corrected chi connectivity index (χ0v) is 14.5. The third-order valence-corrected chi connectivity index (χ3v) is 3.99. The minimum absolute atomic E-state index is 0.0125. The summed E-state index contributed by atoms with van der Waals surface area (Å²) in [6.07, 6.45) is 6.67. The molecular weight excluding hydrogens is 278 g/mol. The Bertz CT molecular complexity index is 342. The van der Waals surface area contributed by atoms with Gasteiger partial charge in [-0.15, -0.1) is 0 Å². The molecule has 1 saturated heterocycles. The van der Waals surface area contributed by atoms with E-state index in [9.17, 15) is 9.59 Å². The minimum atomic E-state index is -0.399. The molecule has 128 valence electrons. The van der Waals surface area contributed by atoms with Crippen LogP contribution in [0.25, 0.3) is 0 Å². The number of hydrogen-bond acceptors (Lipinski definition) is 3. The molecule has 0 aliphatic carbocycles. The van der Waals surface area contributed by atoms with Gasteiger partial charge in [-0.3, -0.25) is 9.59 Å². The molecule has 5 nitrogen and oxygen atoms in total. The van der Waals surface area contributed by atoms with Gasteiger partial charge in [-0.05, 0) is 38.9 Å². The second-order valence-electron chi connectivity index (χ2n) is 7.22. The first-order chi connectivity index (χ1) is 10.4. The van der Waals surface area contributed by atoms with Crippen molar-refractivity contribution >= 4 is 11.8 Å². The summed E-state index contributed by atoms with van der Waals surface area (Å²) in [5, 5.41) is 5.73. The molecule has 0 aromatic rings. The van der Waals surface area contributed by atoms with Gasteiger partial charge in [0.25, 0.3) is 0 Å². The molecule has 1 aliphatic rings. The highest BCUT2D eigenvalue weighted by atomic mass is 16.2. The third kappa shape index (κ3) is 8.37. The largest absolute Gasteiger partial charge is 0.356 e. The van der Waals surface area contributed by atoms with Gasteiger partial charge in [0.15, 0.2) is 0 Å². The summed E-state index contributed by atoms with van der Waals surface area (Å²) in [4.78, 5) is 25.9. The Balaban J connectivity index is 2.02. The first kappa shape index (κ1) is 18.9. The summed E-state index contributed by atoms with van der Waals surface area (Å²) in [6.45, 7) is 10.2. The molecule has 1 aliphatic heterocycles. The Hall–Kier alpha value is -1.10. The first-order valence-electron chi connectivity index (χ1n) is 8.67. The molecule has 0 atom stereocenters. The number of nitrogens with one attached hydrogen (secondary N) is 2. The molecule has 1 fully saturated rings. The predicted octanol–water partition coefficient (Wildman–Crippen LogP) is 1.92. The zero-order chi connectivity index (χ0) is 16.4. The molecule has 1 rings (SSSR count). The van der Waals surface area contributed by atoms with E-state index in [4.69, 9.17) is 0 Å². The molecular formula is C17H33N3O2. The SMILES string of the molecule is CC(C)(C)C(=O)NCCC(=O)NCCCN1CCCCCC1. The van der Waals surface area contributed by atoms with E-state index in [0.29, 0.717) is 13.0 Å². The van der Waals surface area contributed by atoms with Crippen LogP contribution < -0.4 is 10.6 Å². The number of carbonyl (C=O) groups is 2. The maximum Gasteiger partial charge on any atom is 0.225 e. The molecule has 0 aromatic carbocycles. The predicted molar refractivity (Wildman–Crippen MR) is 89.6 cm³/mol. The topological polar surface area (TPSA) is 61.4 Å². The Morgan fingerprint density at radius 3 is 2.18 bits per heavy atom. The van der Waals surface area contributed by atoms with Gasteiger partial charge in [0.1, 0.15) is 0 Å². The van der Waals surface area contributed by atoms with Crippen LogP contribution >= 0.6 is 0 Å². The van der Waals surface area contributed by atoms with Crippen LogP contribution in [0.2, 0.25) is 0 Å². The van der Waals surface area contributed by atoms with Crippen LogP contribution in [0.1, 0.15) is 59.3 Å². The lowest BCUT2D eigenvalue weighted by Crippen LogP contribution is -2.37. The van der Waals surface area contributed by atoms with Crippen molar-refractivity contribution < 1.29 is 9.59 Å². The molecule has 0 aromatic heterocycles. The van der Waals surface area contributed by atoms with Crippen LogP contribution in [0.4, 0.5) is 0 Å². The smallest absolute Gasteiger partial charge is 0.225 e. The number of carbonyl (C=O) groups excluding carboxylic acids is 2. The number of amides is 2. The van der Waals surface area contributed by atoms with Crippen LogP contribution in [0, 0.1) is 5.41 Å². The van der Waals surface area contributed by atoms with Crippen molar-refractivity contribution in [2.75, 3.05) is 32.7 Å². The van der Waals surface area contributed by atoms with Gasteiger partial charge in [-0.2, -0.15) is 0 Å². The Labute approximate surface area is 135 Å². The summed E-state index contributed by atoms with van der Waals surface area (Å²) >= 11 is 0. The lowest BCUT2D eigenvalue weighted by atomic mass is 9.96. The quantitative estimate of drug-likeness (QED) is 0.706. The van der Waals surface area contributed by atoms with Crippen molar-refractivity contribution in [1.82, 2.24) is 15.5 Å². The Kier molecular flexibility index (Phi) is 8.46. The molecule has 0 radical (unpaired) electrons. The summed E-state index contributed by atoms with van der Waals surface area (Å²) in [5.74, 6) is 0.00605. The van der Waals surface area contributed by atoms with E-state index in [2.05, 4.69) is 15.5 Å². The van der Waals surface area contributed by atoms with E-state index in [1.165, 1.54) is 38.8 Å². The fraction of sp³-hybridized carbons (Fsp3) is 0.882. The van der Waals surface area contributed by atoms with Gasteiger partial charge in [-0.25, -0.2) is 0 Å². The van der Waals surface area contributed by atoms with Gasteiger partial charge in [0, 0.05) is 24.9 Å². The molecule has 5 heteroatoms. The Morgan fingerprint density at radius 2 is 1.59 bits per heavy atom. The molecule has 2 N–H and O–H groups in total. The standard InChI is InChI=1S/C17H33N3O2/c1-17(2,3)16(22)19-11-9-15(21)18-10-8-14-20-12-6-4-5-7-13-20/h4-14H2,1-3H3,(H,18,21)(H,19,22).